The fourth-order valence-electron chi connectivity index (χ4n) is 8.48. The number of nitrogens with zero attached hydrogens (tertiary/aromatic N) is 2. The van der Waals surface area contributed by atoms with Crippen LogP contribution in [-0.2, 0) is 24.7 Å². The van der Waals surface area contributed by atoms with Crippen molar-refractivity contribution < 1.29 is 29.0 Å². The molecular weight excluding hydrogens is 588 g/mol. The Kier molecular flexibility index (Phi) is 8.57. The van der Waals surface area contributed by atoms with Crippen LogP contribution in [-0.4, -0.2) is 87.8 Å². The number of hydrogen-bond donors (Lipinski definition) is 3. The largest absolute Gasteiger partial charge is 0.497 e. The second-order valence-electron chi connectivity index (χ2n) is 13.7. The van der Waals surface area contributed by atoms with E-state index in [1.165, 1.54) is 5.19 Å². The molecule has 6 rings (SSSR count). The van der Waals surface area contributed by atoms with E-state index in [-0.39, 0.29) is 54.3 Å². The van der Waals surface area contributed by atoms with E-state index in [1.54, 1.807) is 24.0 Å². The minimum Gasteiger partial charge on any atom is -0.497 e. The minimum absolute atomic E-state index is 0.0468. The van der Waals surface area contributed by atoms with Crippen molar-refractivity contribution in [3.8, 4) is 5.75 Å². The van der Waals surface area contributed by atoms with Gasteiger partial charge in [-0.25, -0.2) is 0 Å². The SMILES string of the molecule is COc1ccc([Si](C)(C)[C@@H]2[C@@H](CC(=O)N3CCC[C@H]3CO)O[C@]3(C(=O)N(C)c4ccc(NC(=O)[C@H]5CCCN5)cc43)[C@H]2C)cc1. The van der Waals surface area contributed by atoms with Gasteiger partial charge in [0.2, 0.25) is 11.8 Å². The normalized spacial score (nSPS) is 29.5. The summed E-state index contributed by atoms with van der Waals surface area (Å²) in [6.07, 6.45) is 3.02. The summed E-state index contributed by atoms with van der Waals surface area (Å²) >= 11 is 0. The number of aliphatic hydroxyl groups excluding tert-OH is 1. The summed E-state index contributed by atoms with van der Waals surface area (Å²) in [7, 11) is 1.00. The second-order valence-corrected chi connectivity index (χ2v) is 18.3. The molecule has 3 N–H and O–H groups in total. The first-order valence-corrected chi connectivity index (χ1v) is 19.3. The van der Waals surface area contributed by atoms with E-state index in [2.05, 4.69) is 42.8 Å². The van der Waals surface area contributed by atoms with E-state index < -0.39 is 19.8 Å². The number of carbonyl (C=O) groups is 3. The molecular formula is C34H46N4O6Si. The van der Waals surface area contributed by atoms with E-state index in [9.17, 15) is 19.5 Å². The second kappa shape index (κ2) is 12.2. The Morgan fingerprint density at radius 1 is 1.16 bits per heavy atom. The highest BCUT2D eigenvalue weighted by Gasteiger charge is 2.66. The molecule has 0 saturated carbocycles. The number of methoxy groups -OCH3 is 1. The van der Waals surface area contributed by atoms with Crippen LogP contribution in [0, 0.1) is 5.92 Å². The lowest BCUT2D eigenvalue weighted by atomic mass is 9.82. The number of likely N-dealkylation sites (N-methyl/N-ethyl adjacent to an activating group) is 1. The zero-order valence-electron chi connectivity index (χ0n) is 27.0. The predicted octanol–water partition coefficient (Wildman–Crippen LogP) is 2.95. The standard InChI is InChI=1S/C34H46N4O6Si/c1-21-31(45(4,5)25-13-11-24(43-3)12-14-25)29(19-30(40)38-17-7-8-23(38)20-39)44-34(21)26-18-22(10-15-28(26)37(2)33(34)42)36-32(41)27-9-6-16-35-27/h10-15,18,21,23,27,29,31,35,39H,6-9,16-17,19-20H2,1-5H3,(H,36,41)/t21-,23-,27+,29+,31-,34+/m0/s1. The summed E-state index contributed by atoms with van der Waals surface area (Å²) in [5, 5.41) is 17.4. The molecule has 0 radical (unpaired) electrons. The highest BCUT2D eigenvalue weighted by atomic mass is 28.3. The number of nitrogens with one attached hydrogen (secondary N) is 2. The Morgan fingerprint density at radius 2 is 1.91 bits per heavy atom. The lowest BCUT2D eigenvalue weighted by Crippen LogP contribution is -2.52. The number of ether oxygens (including phenoxy) is 2. The smallest absolute Gasteiger partial charge is 0.264 e. The third-order valence-electron chi connectivity index (χ3n) is 10.9. The van der Waals surface area contributed by atoms with Gasteiger partial charge in [-0.15, -0.1) is 0 Å². The molecule has 1 spiro atoms. The first-order chi connectivity index (χ1) is 21.5. The highest BCUT2D eigenvalue weighted by Crippen LogP contribution is 2.60. The summed E-state index contributed by atoms with van der Waals surface area (Å²) in [4.78, 5) is 44.7. The van der Waals surface area contributed by atoms with Gasteiger partial charge in [-0.2, -0.15) is 0 Å². The Hall–Kier alpha value is -3.25. The molecule has 0 bridgehead atoms. The van der Waals surface area contributed by atoms with E-state index in [0.29, 0.717) is 12.2 Å². The Labute approximate surface area is 266 Å². The van der Waals surface area contributed by atoms with Crippen LogP contribution in [0.15, 0.2) is 42.5 Å². The Balaban J connectivity index is 1.40. The van der Waals surface area contributed by atoms with Gasteiger partial charge in [0.1, 0.15) is 5.75 Å². The topological polar surface area (TPSA) is 120 Å². The molecule has 0 aliphatic carbocycles. The van der Waals surface area contributed by atoms with Gasteiger partial charge in [0.15, 0.2) is 5.60 Å². The summed E-state index contributed by atoms with van der Waals surface area (Å²) in [5.74, 6) is 0.229. The van der Waals surface area contributed by atoms with Crippen molar-refractivity contribution >= 4 is 42.4 Å². The van der Waals surface area contributed by atoms with Crippen molar-refractivity contribution in [3.63, 3.8) is 0 Å². The molecule has 3 saturated heterocycles. The van der Waals surface area contributed by atoms with Gasteiger partial charge in [0.25, 0.3) is 5.91 Å². The number of carbonyl (C=O) groups excluding carboxylic acids is 3. The van der Waals surface area contributed by atoms with Crippen LogP contribution in [0.3, 0.4) is 0 Å². The zero-order chi connectivity index (χ0) is 32.1. The minimum atomic E-state index is -2.41. The monoisotopic (exact) mass is 634 g/mol. The average molecular weight is 635 g/mol. The third kappa shape index (κ3) is 5.27. The fourth-order valence-corrected chi connectivity index (χ4v) is 12.5. The van der Waals surface area contributed by atoms with E-state index in [1.807, 2.05) is 30.3 Å². The predicted molar refractivity (Wildman–Crippen MR) is 176 cm³/mol. The number of anilines is 2. The molecule has 4 aliphatic rings. The molecule has 45 heavy (non-hydrogen) atoms. The van der Waals surface area contributed by atoms with E-state index >= 15 is 0 Å². The number of aliphatic hydroxyl groups is 1. The number of rotatable bonds is 8. The maximum absolute atomic E-state index is 14.4. The van der Waals surface area contributed by atoms with Gasteiger partial charge in [-0.1, -0.05) is 37.3 Å². The molecule has 0 aromatic heterocycles. The Bertz CT molecular complexity index is 1460. The lowest BCUT2D eigenvalue weighted by molar-refractivity contribution is -0.149. The number of benzene rings is 2. The summed E-state index contributed by atoms with van der Waals surface area (Å²) in [6, 6.07) is 13.3. The molecule has 11 heteroatoms. The quantitative estimate of drug-likeness (QED) is 0.382. The van der Waals surface area contributed by atoms with Gasteiger partial charge >= 0.3 is 0 Å². The van der Waals surface area contributed by atoms with Crippen LogP contribution >= 0.6 is 0 Å². The molecule has 2 aromatic rings. The van der Waals surface area contributed by atoms with Crippen molar-refractivity contribution in [2.45, 2.75) is 81.5 Å². The first kappa shape index (κ1) is 31.7. The molecule has 4 heterocycles. The molecule has 0 unspecified atom stereocenters. The number of hydrogen-bond acceptors (Lipinski definition) is 7. The molecule has 4 aliphatic heterocycles. The van der Waals surface area contributed by atoms with Gasteiger partial charge < -0.3 is 35.0 Å². The molecule has 6 atom stereocenters. The number of likely N-dealkylation sites (tertiary alicyclic amines) is 1. The Morgan fingerprint density at radius 3 is 2.58 bits per heavy atom. The van der Waals surface area contributed by atoms with E-state index in [4.69, 9.17) is 9.47 Å². The molecule has 2 aromatic carbocycles. The van der Waals surface area contributed by atoms with Crippen molar-refractivity contribution in [1.82, 2.24) is 10.2 Å². The van der Waals surface area contributed by atoms with Gasteiger partial charge in [-0.05, 0) is 68.1 Å². The van der Waals surface area contributed by atoms with Crippen LogP contribution in [0.25, 0.3) is 0 Å². The van der Waals surface area contributed by atoms with Crippen molar-refractivity contribution in [3.05, 3.63) is 48.0 Å². The molecule has 10 nitrogen and oxygen atoms in total. The van der Waals surface area contributed by atoms with Crippen LogP contribution in [0.1, 0.15) is 44.6 Å². The third-order valence-corrected chi connectivity index (χ3v) is 15.3. The summed E-state index contributed by atoms with van der Waals surface area (Å²) in [5.41, 5.74) is 0.710. The number of amides is 3. The van der Waals surface area contributed by atoms with Crippen molar-refractivity contribution in [1.29, 1.82) is 0 Å². The van der Waals surface area contributed by atoms with Crippen LogP contribution in [0.2, 0.25) is 18.6 Å². The van der Waals surface area contributed by atoms with Gasteiger partial charge in [0, 0.05) is 30.8 Å². The average Bonchev–Trinajstić information content (AvgIpc) is 3.83. The highest BCUT2D eigenvalue weighted by molar-refractivity contribution is 6.91. The first-order valence-electron chi connectivity index (χ1n) is 16.2. The van der Waals surface area contributed by atoms with Crippen LogP contribution < -0.4 is 25.5 Å². The molecule has 3 amide bonds. The summed E-state index contributed by atoms with van der Waals surface area (Å²) in [6.45, 7) is 8.05. The van der Waals surface area contributed by atoms with Gasteiger partial charge in [-0.3, -0.25) is 14.4 Å². The van der Waals surface area contributed by atoms with Crippen molar-refractivity contribution in [2.24, 2.45) is 5.92 Å². The van der Waals surface area contributed by atoms with E-state index in [0.717, 1.165) is 49.2 Å². The number of fused-ring (bicyclic) bond motifs is 2. The van der Waals surface area contributed by atoms with Crippen molar-refractivity contribution in [2.75, 3.05) is 44.1 Å². The zero-order valence-corrected chi connectivity index (χ0v) is 28.0. The maximum atomic E-state index is 14.4. The van der Waals surface area contributed by atoms with Gasteiger partial charge in [0.05, 0.1) is 52.1 Å². The summed E-state index contributed by atoms with van der Waals surface area (Å²) < 4.78 is 12.5. The lowest BCUT2D eigenvalue weighted by Gasteiger charge is -2.37. The molecule has 242 valence electrons. The molecule has 3 fully saturated rings. The van der Waals surface area contributed by atoms with Crippen LogP contribution in [0.4, 0.5) is 11.4 Å². The van der Waals surface area contributed by atoms with Crippen LogP contribution in [0.5, 0.6) is 5.75 Å². The fraction of sp³-hybridized carbons (Fsp3) is 0.559. The maximum Gasteiger partial charge on any atom is 0.264 e.